The summed E-state index contributed by atoms with van der Waals surface area (Å²) in [5, 5.41) is 0. The summed E-state index contributed by atoms with van der Waals surface area (Å²) in [5.41, 5.74) is 8.96. The summed E-state index contributed by atoms with van der Waals surface area (Å²) < 4.78 is 5.70. The van der Waals surface area contributed by atoms with Gasteiger partial charge in [0.15, 0.2) is 16.8 Å². The maximum Gasteiger partial charge on any atom is 0.303 e. The van der Waals surface area contributed by atoms with E-state index in [1.54, 1.807) is 12.1 Å². The summed E-state index contributed by atoms with van der Waals surface area (Å²) in [4.78, 5) is 39.6. The third-order valence-electron chi connectivity index (χ3n) is 11.7. The monoisotopic (exact) mass is 566 g/mol. The maximum atomic E-state index is 12.8. The molecule has 0 radical (unpaired) electrons. The first kappa shape index (κ1) is 31.9. The largest absolute Gasteiger partial charge is 0.451 e. The topological polar surface area (TPSA) is 89.7 Å². The average molecular weight is 567 g/mol. The van der Waals surface area contributed by atoms with Crippen molar-refractivity contribution >= 4 is 11.8 Å². The predicted molar refractivity (Wildman–Crippen MR) is 165 cm³/mol. The number of carbonyl (C=O) groups excluding carboxylic acids is 2. The first-order valence-electron chi connectivity index (χ1n) is 16.2. The standard InChI is InChI=1S/C35H54N2O4/c1-7-34(24(2)38,41-25(3)39)22-19-28-13-16-30(26-10-8-20-33(4,37(5)6)21-9-11-26)32-31-17-15-29(40)14-12-27(31)18-23-35(28,32)36/h12,14-15,17,26,28,30,32H,7-11,13,16,18-23,36H2,1-6H3/t26?,28-,30+,32?,33?,34?,35+/m0/s1. The first-order valence-corrected chi connectivity index (χ1v) is 16.2. The van der Waals surface area contributed by atoms with Gasteiger partial charge < -0.3 is 15.4 Å². The lowest BCUT2D eigenvalue weighted by Gasteiger charge is -2.56. The molecule has 3 aliphatic carbocycles. The van der Waals surface area contributed by atoms with Gasteiger partial charge in [-0.15, -0.1) is 0 Å². The summed E-state index contributed by atoms with van der Waals surface area (Å²) in [7, 11) is 4.43. The summed E-state index contributed by atoms with van der Waals surface area (Å²) in [6.45, 7) is 7.26. The Bertz CT molecular complexity index is 1150. The molecule has 0 aromatic heterocycles. The third kappa shape index (κ3) is 6.49. The molecule has 3 aliphatic rings. The van der Waals surface area contributed by atoms with E-state index in [9.17, 15) is 14.4 Å². The molecule has 0 aliphatic heterocycles. The highest BCUT2D eigenvalue weighted by atomic mass is 16.6. The van der Waals surface area contributed by atoms with Gasteiger partial charge in [-0.05, 0) is 127 Å². The number of aryl methyl sites for hydroxylation is 1. The van der Waals surface area contributed by atoms with Crippen molar-refractivity contribution in [1.29, 1.82) is 0 Å². The molecule has 2 saturated carbocycles. The van der Waals surface area contributed by atoms with Crippen LogP contribution in [0.2, 0.25) is 0 Å². The van der Waals surface area contributed by atoms with Crippen LogP contribution in [0.25, 0.3) is 0 Å². The number of hydrogen-bond acceptors (Lipinski definition) is 6. The lowest BCUT2D eigenvalue weighted by Crippen LogP contribution is -2.60. The number of hydrogen-bond donors (Lipinski definition) is 1. The van der Waals surface area contributed by atoms with Crippen LogP contribution in [0.15, 0.2) is 29.1 Å². The molecule has 1 aromatic carbocycles. The lowest BCUT2D eigenvalue weighted by molar-refractivity contribution is -0.166. The number of carbonyl (C=O) groups is 2. The van der Waals surface area contributed by atoms with Crippen LogP contribution in [0, 0.1) is 17.8 Å². The zero-order valence-corrected chi connectivity index (χ0v) is 26.5. The molecular weight excluding hydrogens is 512 g/mol. The SMILES string of the molecule is CCC(CC[C@@H]1CC[C@H](C2CCCC(C)(N(C)C)CCC2)C2c3ccc(=O)ccc3CC[C@]21N)(OC(C)=O)C(C)=O. The highest BCUT2D eigenvalue weighted by molar-refractivity contribution is 5.87. The number of rotatable bonds is 8. The van der Waals surface area contributed by atoms with Crippen LogP contribution in [0.5, 0.6) is 0 Å². The molecule has 0 heterocycles. The minimum Gasteiger partial charge on any atom is -0.451 e. The second kappa shape index (κ2) is 12.7. The van der Waals surface area contributed by atoms with Gasteiger partial charge in [-0.1, -0.05) is 44.7 Å². The Balaban J connectivity index is 1.66. The van der Waals surface area contributed by atoms with Gasteiger partial charge in [-0.25, -0.2) is 0 Å². The van der Waals surface area contributed by atoms with Crippen molar-refractivity contribution in [2.75, 3.05) is 14.1 Å². The molecule has 0 bridgehead atoms. The van der Waals surface area contributed by atoms with Gasteiger partial charge >= 0.3 is 5.97 Å². The van der Waals surface area contributed by atoms with Crippen LogP contribution in [-0.2, 0) is 20.7 Å². The maximum absolute atomic E-state index is 12.8. The van der Waals surface area contributed by atoms with E-state index in [1.807, 2.05) is 13.0 Å². The van der Waals surface area contributed by atoms with Crippen molar-refractivity contribution in [3.8, 4) is 0 Å². The Morgan fingerprint density at radius 3 is 2.27 bits per heavy atom. The molecule has 1 aromatic rings. The average Bonchev–Trinajstić information content (AvgIpc) is 3.09. The molecule has 0 saturated heterocycles. The van der Waals surface area contributed by atoms with E-state index >= 15 is 0 Å². The fourth-order valence-corrected chi connectivity index (χ4v) is 8.89. The number of nitrogens with zero attached hydrogens (tertiary/aromatic N) is 1. The van der Waals surface area contributed by atoms with E-state index in [1.165, 1.54) is 63.5 Å². The fraction of sp³-hybridized carbons (Fsp3) is 0.743. The molecular formula is C35H54N2O4. The van der Waals surface area contributed by atoms with Crippen LogP contribution >= 0.6 is 0 Å². The van der Waals surface area contributed by atoms with Gasteiger partial charge in [0.2, 0.25) is 0 Å². The highest BCUT2D eigenvalue weighted by Crippen LogP contribution is 2.57. The zero-order valence-electron chi connectivity index (χ0n) is 26.5. The number of ketones is 1. The zero-order chi connectivity index (χ0) is 30.0. The van der Waals surface area contributed by atoms with Crippen molar-refractivity contribution in [3.05, 3.63) is 45.6 Å². The Kier molecular flexibility index (Phi) is 9.85. The molecule has 0 amide bonds. The minimum atomic E-state index is -1.08. The molecule has 0 spiro atoms. The van der Waals surface area contributed by atoms with Crippen LogP contribution in [0.4, 0.5) is 0 Å². The Morgan fingerprint density at radius 1 is 1.02 bits per heavy atom. The Hall–Kier alpha value is -2.05. The number of fused-ring (bicyclic) bond motifs is 3. The van der Waals surface area contributed by atoms with Gasteiger partial charge in [0, 0.05) is 23.9 Å². The van der Waals surface area contributed by atoms with E-state index < -0.39 is 17.1 Å². The second-order valence-corrected chi connectivity index (χ2v) is 14.1. The van der Waals surface area contributed by atoms with Crippen molar-refractivity contribution in [2.45, 2.75) is 134 Å². The quantitative estimate of drug-likeness (QED) is 0.379. The van der Waals surface area contributed by atoms with E-state index in [0.29, 0.717) is 24.7 Å². The predicted octanol–water partition coefficient (Wildman–Crippen LogP) is 6.17. The third-order valence-corrected chi connectivity index (χ3v) is 11.7. The van der Waals surface area contributed by atoms with Gasteiger partial charge in [-0.3, -0.25) is 14.4 Å². The summed E-state index contributed by atoms with van der Waals surface area (Å²) >= 11 is 0. The molecule has 6 heteroatoms. The Labute approximate surface area is 247 Å². The van der Waals surface area contributed by atoms with Crippen molar-refractivity contribution < 1.29 is 14.3 Å². The molecule has 5 atom stereocenters. The molecule has 228 valence electrons. The lowest BCUT2D eigenvalue weighted by atomic mass is 9.51. The van der Waals surface area contributed by atoms with E-state index in [-0.39, 0.29) is 28.6 Å². The number of esters is 1. The van der Waals surface area contributed by atoms with Crippen molar-refractivity contribution in [2.24, 2.45) is 23.5 Å². The van der Waals surface area contributed by atoms with E-state index in [0.717, 1.165) is 32.1 Å². The summed E-state index contributed by atoms with van der Waals surface area (Å²) in [6, 6.07) is 7.55. The molecule has 2 unspecified atom stereocenters. The summed E-state index contributed by atoms with van der Waals surface area (Å²) in [5.74, 6) is 1.01. The van der Waals surface area contributed by atoms with Gasteiger partial charge in [0.25, 0.3) is 0 Å². The van der Waals surface area contributed by atoms with Crippen LogP contribution < -0.4 is 11.2 Å². The molecule has 41 heavy (non-hydrogen) atoms. The first-order chi connectivity index (χ1) is 19.3. The van der Waals surface area contributed by atoms with Crippen LogP contribution in [0.1, 0.15) is 122 Å². The minimum absolute atomic E-state index is 0.0374. The summed E-state index contributed by atoms with van der Waals surface area (Å²) in [6.07, 6.45) is 12.9. The van der Waals surface area contributed by atoms with Crippen molar-refractivity contribution in [3.63, 3.8) is 0 Å². The van der Waals surface area contributed by atoms with Crippen LogP contribution in [-0.4, -0.2) is 47.4 Å². The number of nitrogens with two attached hydrogens (primary N) is 1. The molecule has 4 rings (SSSR count). The smallest absolute Gasteiger partial charge is 0.303 e. The molecule has 2 N–H and O–H groups in total. The van der Waals surface area contributed by atoms with Gasteiger partial charge in [0.05, 0.1) is 0 Å². The fourth-order valence-electron chi connectivity index (χ4n) is 8.89. The van der Waals surface area contributed by atoms with Gasteiger partial charge in [0.1, 0.15) is 0 Å². The van der Waals surface area contributed by atoms with E-state index in [2.05, 4.69) is 32.0 Å². The second-order valence-electron chi connectivity index (χ2n) is 14.1. The number of Topliss-reactive ketones (excluding diaryl/α,β-unsaturated/α-hetero) is 1. The molecule has 2 fully saturated rings. The Morgan fingerprint density at radius 2 is 1.68 bits per heavy atom. The van der Waals surface area contributed by atoms with Crippen LogP contribution in [0.3, 0.4) is 0 Å². The van der Waals surface area contributed by atoms with E-state index in [4.69, 9.17) is 10.5 Å². The highest BCUT2D eigenvalue weighted by Gasteiger charge is 2.53. The normalized spacial score (nSPS) is 33.5. The van der Waals surface area contributed by atoms with Gasteiger partial charge in [-0.2, -0.15) is 0 Å². The number of ether oxygens (including phenoxy) is 1. The molecule has 6 nitrogen and oxygen atoms in total. The van der Waals surface area contributed by atoms with Crippen molar-refractivity contribution in [1.82, 2.24) is 4.90 Å².